The van der Waals surface area contributed by atoms with E-state index in [2.05, 4.69) is 29.2 Å². The number of fused-ring (bicyclic) bond motifs is 7. The van der Waals surface area contributed by atoms with Crippen LogP contribution in [0.3, 0.4) is 0 Å². The second-order valence-corrected chi connectivity index (χ2v) is 7.94. The summed E-state index contributed by atoms with van der Waals surface area (Å²) >= 11 is 0. The molecule has 0 N–H and O–H groups in total. The predicted octanol–water partition coefficient (Wildman–Crippen LogP) is 4.11. The maximum Gasteiger partial charge on any atom is 0.161 e. The zero-order valence-electron chi connectivity index (χ0n) is 17.1. The van der Waals surface area contributed by atoms with Gasteiger partial charge < -0.3 is 14.2 Å². The largest absolute Gasteiger partial charge is 0.497 e. The molecule has 0 bridgehead atoms. The number of hydrogen-bond acceptors (Lipinski definition) is 5. The Morgan fingerprint density at radius 3 is 2.28 bits per heavy atom. The summed E-state index contributed by atoms with van der Waals surface area (Å²) in [4.78, 5) is 14.6. The van der Waals surface area contributed by atoms with Gasteiger partial charge in [-0.2, -0.15) is 0 Å². The Kier molecular flexibility index (Phi) is 4.36. The van der Waals surface area contributed by atoms with Gasteiger partial charge in [-0.05, 0) is 63.4 Å². The molecule has 0 aliphatic carbocycles. The van der Waals surface area contributed by atoms with Crippen molar-refractivity contribution in [2.75, 3.05) is 27.9 Å². The van der Waals surface area contributed by atoms with E-state index in [4.69, 9.17) is 14.2 Å². The van der Waals surface area contributed by atoms with E-state index in [9.17, 15) is 4.79 Å². The fourth-order valence-corrected chi connectivity index (χ4v) is 5.02. The third-order valence-electron chi connectivity index (χ3n) is 6.51. The molecule has 29 heavy (non-hydrogen) atoms. The molecular weight excluding hydrogens is 366 g/mol. The van der Waals surface area contributed by atoms with Gasteiger partial charge in [-0.15, -0.1) is 0 Å². The molecule has 1 atom stereocenters. The van der Waals surface area contributed by atoms with E-state index in [1.807, 2.05) is 6.07 Å². The highest BCUT2D eigenvalue weighted by atomic mass is 16.5. The summed E-state index contributed by atoms with van der Waals surface area (Å²) in [5.41, 5.74) is 2.68. The Morgan fingerprint density at radius 2 is 1.55 bits per heavy atom. The fraction of sp³-hybridized carbons (Fsp3) is 0.375. The number of benzene rings is 3. The summed E-state index contributed by atoms with van der Waals surface area (Å²) in [6.45, 7) is 1.73. The first-order valence-corrected chi connectivity index (χ1v) is 10.1. The van der Waals surface area contributed by atoms with Crippen molar-refractivity contribution in [3.8, 4) is 17.2 Å². The number of rotatable bonds is 3. The summed E-state index contributed by atoms with van der Waals surface area (Å²) in [5, 5.41) is 4.71. The second-order valence-electron chi connectivity index (χ2n) is 7.94. The van der Waals surface area contributed by atoms with Gasteiger partial charge in [-0.3, -0.25) is 9.69 Å². The van der Waals surface area contributed by atoms with Gasteiger partial charge >= 0.3 is 0 Å². The Bertz CT molecular complexity index is 1140. The SMILES string of the molecule is COc1ccc2c3c(c4cc(OC)c(OC)cc4c2c1)C[C@H]1CC(=O)CCN1C3. The molecule has 0 radical (unpaired) electrons. The van der Waals surface area contributed by atoms with Crippen LogP contribution in [0.25, 0.3) is 21.5 Å². The van der Waals surface area contributed by atoms with Gasteiger partial charge in [0.15, 0.2) is 11.5 Å². The average molecular weight is 391 g/mol. The molecule has 150 valence electrons. The first kappa shape index (κ1) is 18.3. The molecule has 2 aliphatic rings. The molecule has 0 saturated carbocycles. The van der Waals surface area contributed by atoms with E-state index in [0.29, 0.717) is 24.4 Å². The van der Waals surface area contributed by atoms with Crippen molar-refractivity contribution in [3.63, 3.8) is 0 Å². The topological polar surface area (TPSA) is 48.0 Å². The van der Waals surface area contributed by atoms with Crippen molar-refractivity contribution in [1.29, 1.82) is 0 Å². The Balaban J connectivity index is 1.83. The molecule has 3 aromatic carbocycles. The summed E-state index contributed by atoms with van der Waals surface area (Å²) in [6, 6.07) is 10.7. The molecule has 0 aromatic heterocycles. The molecule has 3 aromatic rings. The summed E-state index contributed by atoms with van der Waals surface area (Å²) < 4.78 is 16.7. The molecule has 0 amide bonds. The minimum atomic E-state index is 0.288. The Labute approximate surface area is 170 Å². The average Bonchev–Trinajstić information content (AvgIpc) is 2.76. The van der Waals surface area contributed by atoms with Crippen LogP contribution >= 0.6 is 0 Å². The fourth-order valence-electron chi connectivity index (χ4n) is 5.02. The minimum Gasteiger partial charge on any atom is -0.497 e. The maximum atomic E-state index is 12.1. The first-order chi connectivity index (χ1) is 14.1. The highest BCUT2D eigenvalue weighted by Gasteiger charge is 2.33. The van der Waals surface area contributed by atoms with E-state index in [1.165, 1.54) is 21.9 Å². The lowest BCUT2D eigenvalue weighted by Gasteiger charge is -2.40. The zero-order chi connectivity index (χ0) is 20.1. The highest BCUT2D eigenvalue weighted by Crippen LogP contribution is 2.43. The number of Topliss-reactive ketones (excluding diaryl/α,β-unsaturated/α-hetero) is 1. The standard InChI is InChI=1S/C24H25NO4/c1-27-16-4-5-17-19(10-16)21-12-24(29-3)23(28-2)11-20(21)18-9-14-8-15(26)6-7-25(14)13-22(17)18/h4-5,10-12,14H,6-9,13H2,1-3H3/t14-/m1/s1. The molecule has 1 fully saturated rings. The number of methoxy groups -OCH3 is 3. The van der Waals surface area contributed by atoms with Crippen molar-refractivity contribution in [2.24, 2.45) is 0 Å². The van der Waals surface area contributed by atoms with Crippen LogP contribution in [0.15, 0.2) is 30.3 Å². The number of ketones is 1. The number of nitrogens with zero attached hydrogens (tertiary/aromatic N) is 1. The summed E-state index contributed by atoms with van der Waals surface area (Å²) in [5.74, 6) is 2.66. The summed E-state index contributed by atoms with van der Waals surface area (Å²) in [6.07, 6.45) is 2.19. The van der Waals surface area contributed by atoms with Crippen molar-refractivity contribution >= 4 is 27.3 Å². The number of hydrogen-bond donors (Lipinski definition) is 0. The highest BCUT2D eigenvalue weighted by molar-refractivity contribution is 6.12. The van der Waals surface area contributed by atoms with E-state index in [1.54, 1.807) is 21.3 Å². The Morgan fingerprint density at radius 1 is 0.828 bits per heavy atom. The van der Waals surface area contributed by atoms with Crippen LogP contribution in [0.5, 0.6) is 17.2 Å². The molecule has 2 heterocycles. The summed E-state index contributed by atoms with van der Waals surface area (Å²) in [7, 11) is 5.03. The molecule has 2 aliphatic heterocycles. The first-order valence-electron chi connectivity index (χ1n) is 10.1. The maximum absolute atomic E-state index is 12.1. The van der Waals surface area contributed by atoms with Crippen LogP contribution in [0, 0.1) is 0 Å². The molecule has 5 heteroatoms. The van der Waals surface area contributed by atoms with E-state index in [-0.39, 0.29) is 6.04 Å². The van der Waals surface area contributed by atoms with Crippen molar-refractivity contribution in [2.45, 2.75) is 31.8 Å². The zero-order valence-corrected chi connectivity index (χ0v) is 17.1. The van der Waals surface area contributed by atoms with E-state index < -0.39 is 0 Å². The van der Waals surface area contributed by atoms with Gasteiger partial charge in [0.1, 0.15) is 11.5 Å². The lowest BCUT2D eigenvalue weighted by Crippen LogP contribution is -2.46. The van der Waals surface area contributed by atoms with Gasteiger partial charge in [-0.1, -0.05) is 6.07 Å². The van der Waals surface area contributed by atoms with Gasteiger partial charge in [0.25, 0.3) is 0 Å². The molecular formula is C24H25NO4. The van der Waals surface area contributed by atoms with Gasteiger partial charge in [0.2, 0.25) is 0 Å². The van der Waals surface area contributed by atoms with Crippen LogP contribution in [0.2, 0.25) is 0 Å². The molecule has 1 saturated heterocycles. The number of carbonyl (C=O) groups is 1. The molecule has 0 spiro atoms. The van der Waals surface area contributed by atoms with Gasteiger partial charge in [0.05, 0.1) is 21.3 Å². The number of carbonyl (C=O) groups excluding carboxylic acids is 1. The Hall–Kier alpha value is -2.79. The van der Waals surface area contributed by atoms with Crippen LogP contribution in [0.4, 0.5) is 0 Å². The minimum absolute atomic E-state index is 0.288. The quantitative estimate of drug-likeness (QED) is 0.629. The van der Waals surface area contributed by atoms with Crippen molar-refractivity contribution < 1.29 is 19.0 Å². The van der Waals surface area contributed by atoms with Gasteiger partial charge in [-0.25, -0.2) is 0 Å². The smallest absolute Gasteiger partial charge is 0.161 e. The van der Waals surface area contributed by atoms with Crippen molar-refractivity contribution in [3.05, 3.63) is 41.5 Å². The number of piperidine rings is 1. The van der Waals surface area contributed by atoms with E-state index in [0.717, 1.165) is 41.8 Å². The third kappa shape index (κ3) is 2.84. The molecule has 0 unspecified atom stereocenters. The van der Waals surface area contributed by atoms with Gasteiger partial charge in [0, 0.05) is 32.0 Å². The van der Waals surface area contributed by atoms with Crippen LogP contribution in [-0.2, 0) is 17.8 Å². The normalized spacial score (nSPS) is 19.1. The molecule has 5 nitrogen and oxygen atoms in total. The lowest BCUT2D eigenvalue weighted by atomic mass is 9.82. The number of ether oxygens (including phenoxy) is 3. The monoisotopic (exact) mass is 391 g/mol. The van der Waals surface area contributed by atoms with Crippen LogP contribution in [0.1, 0.15) is 24.0 Å². The van der Waals surface area contributed by atoms with E-state index >= 15 is 0 Å². The predicted molar refractivity (Wildman–Crippen MR) is 113 cm³/mol. The van der Waals surface area contributed by atoms with Crippen LogP contribution < -0.4 is 14.2 Å². The third-order valence-corrected chi connectivity index (χ3v) is 6.51. The van der Waals surface area contributed by atoms with Crippen molar-refractivity contribution in [1.82, 2.24) is 4.90 Å². The molecule has 5 rings (SSSR count). The van der Waals surface area contributed by atoms with Crippen LogP contribution in [-0.4, -0.2) is 44.6 Å². The lowest BCUT2D eigenvalue weighted by molar-refractivity contribution is -0.123. The second kappa shape index (κ2) is 6.92.